The second kappa shape index (κ2) is 7.31. The molecule has 0 radical (unpaired) electrons. The summed E-state index contributed by atoms with van der Waals surface area (Å²) in [6, 6.07) is 0. The molecule has 2 N–H and O–H groups in total. The second-order valence-electron chi connectivity index (χ2n) is 9.28. The molecule has 30 heavy (non-hydrogen) atoms. The number of esters is 2. The zero-order chi connectivity index (χ0) is 21.5. The van der Waals surface area contributed by atoms with Gasteiger partial charge < -0.3 is 19.7 Å². The lowest BCUT2D eigenvalue weighted by Gasteiger charge is -2.45. The van der Waals surface area contributed by atoms with Crippen LogP contribution in [0.25, 0.3) is 0 Å². The summed E-state index contributed by atoms with van der Waals surface area (Å²) in [6.45, 7) is 0. The van der Waals surface area contributed by atoms with Crippen molar-refractivity contribution in [2.24, 2.45) is 47.3 Å². The molecular weight excluding hydrogens is 575 g/mol. The fourth-order valence-corrected chi connectivity index (χ4v) is 9.59. The summed E-state index contributed by atoms with van der Waals surface area (Å²) in [4.78, 5) is 45.7. The highest BCUT2D eigenvalue weighted by atomic mass is 127. The maximum Gasteiger partial charge on any atom is 0.310 e. The Labute approximate surface area is 194 Å². The zero-order valence-corrected chi connectivity index (χ0v) is 19.6. The lowest BCUT2D eigenvalue weighted by molar-refractivity contribution is -0.154. The van der Waals surface area contributed by atoms with E-state index in [0.717, 1.165) is 25.7 Å². The number of carbonyl (C=O) groups is 4. The predicted molar refractivity (Wildman–Crippen MR) is 112 cm³/mol. The van der Waals surface area contributed by atoms with Crippen LogP contribution >= 0.6 is 38.5 Å². The molecule has 2 saturated heterocycles. The fourth-order valence-electron chi connectivity index (χ4n) is 7.01. The highest BCUT2D eigenvalue weighted by Gasteiger charge is 2.65. The molecule has 0 aromatic heterocycles. The molecule has 0 aromatic rings. The predicted octanol–water partition coefficient (Wildman–Crippen LogP) is 2.10. The first-order chi connectivity index (χ1) is 14.2. The van der Waals surface area contributed by atoms with Gasteiger partial charge in [-0.05, 0) is 37.5 Å². The van der Waals surface area contributed by atoms with Crippen molar-refractivity contribution in [3.05, 3.63) is 0 Å². The Kier molecular flexibility index (Phi) is 5.11. The van der Waals surface area contributed by atoms with E-state index in [1.807, 2.05) is 0 Å². The minimum atomic E-state index is -0.851. The zero-order valence-electron chi connectivity index (χ0n) is 15.9. The second-order valence-corrected chi connectivity index (χ2v) is 11.8. The summed E-state index contributed by atoms with van der Waals surface area (Å²) in [5, 5.41) is 18.4. The molecule has 8 aliphatic rings. The van der Waals surface area contributed by atoms with Gasteiger partial charge in [0.1, 0.15) is 12.2 Å². The van der Waals surface area contributed by atoms with Gasteiger partial charge in [-0.15, -0.1) is 0 Å². The topological polar surface area (TPSA) is 127 Å². The van der Waals surface area contributed by atoms with E-state index in [1.165, 1.54) is 0 Å². The van der Waals surface area contributed by atoms with Crippen LogP contribution in [0.4, 0.5) is 0 Å². The number of carbonyl (C=O) groups excluding carboxylic acids is 2. The van der Waals surface area contributed by atoms with E-state index < -0.39 is 23.8 Å². The molecule has 10 heteroatoms. The summed E-state index contributed by atoms with van der Waals surface area (Å²) >= 11 is 5.75. The highest BCUT2D eigenvalue weighted by Crippen LogP contribution is 2.57. The van der Waals surface area contributed by atoms with Crippen molar-refractivity contribution < 1.29 is 38.9 Å². The molecule has 12 unspecified atom stereocenters. The van der Waals surface area contributed by atoms with Gasteiger partial charge in [0, 0.05) is 11.8 Å². The van der Waals surface area contributed by atoms with E-state index in [2.05, 4.69) is 38.5 Å². The maximum atomic E-state index is 11.6. The van der Waals surface area contributed by atoms with Gasteiger partial charge in [-0.3, -0.25) is 19.2 Å². The summed E-state index contributed by atoms with van der Waals surface area (Å²) < 4.78 is 10.8. The number of carboxylic acids is 2. The SMILES string of the molecule is O=C(O)C1C2CCC3C(OC(=O)C31)C2Br.O=C(O)C1C2CCC3C(OC(=O)C31)C2I. The van der Waals surface area contributed by atoms with Gasteiger partial charge in [-0.2, -0.15) is 0 Å². The Morgan fingerprint density at radius 3 is 1.80 bits per heavy atom. The van der Waals surface area contributed by atoms with Crippen molar-refractivity contribution in [2.75, 3.05) is 0 Å². The number of halogens is 2. The monoisotopic (exact) mass is 596 g/mol. The summed E-state index contributed by atoms with van der Waals surface area (Å²) in [7, 11) is 0. The third-order valence-electron chi connectivity index (χ3n) is 8.19. The Morgan fingerprint density at radius 1 is 0.800 bits per heavy atom. The maximum absolute atomic E-state index is 11.6. The Bertz CT molecular complexity index is 753. The summed E-state index contributed by atoms with van der Waals surface area (Å²) in [6.07, 6.45) is 3.60. The molecule has 2 heterocycles. The van der Waals surface area contributed by atoms with Crippen molar-refractivity contribution >= 4 is 62.4 Å². The third-order valence-corrected chi connectivity index (χ3v) is 11.0. The molecule has 12 atom stereocenters. The number of ether oxygens (including phenoxy) is 2. The lowest BCUT2D eigenvalue weighted by atomic mass is 9.59. The third kappa shape index (κ3) is 2.80. The molecule has 8 rings (SSSR count). The standard InChI is InChI=1S/C10H11BrO4.C10H11IO4/c2*11-7-3-1-2-4-6(5(3)9(12)13)10(14)15-8(4)7/h2*3-8H,1-2H2,(H,12,13). The van der Waals surface area contributed by atoms with Crippen LogP contribution in [-0.4, -0.2) is 55.1 Å². The smallest absolute Gasteiger partial charge is 0.310 e. The largest absolute Gasteiger partial charge is 0.481 e. The molecule has 6 saturated carbocycles. The molecule has 0 amide bonds. The Morgan fingerprint density at radius 2 is 1.23 bits per heavy atom. The van der Waals surface area contributed by atoms with Crippen LogP contribution < -0.4 is 0 Å². The molecule has 2 aliphatic heterocycles. The van der Waals surface area contributed by atoms with E-state index in [1.54, 1.807) is 0 Å². The first-order valence-corrected chi connectivity index (χ1v) is 12.5. The van der Waals surface area contributed by atoms with Gasteiger partial charge in [0.25, 0.3) is 0 Å². The van der Waals surface area contributed by atoms with Crippen LogP contribution in [0.3, 0.4) is 0 Å². The van der Waals surface area contributed by atoms with Crippen LogP contribution in [0.15, 0.2) is 0 Å². The molecule has 6 aliphatic carbocycles. The van der Waals surface area contributed by atoms with Crippen molar-refractivity contribution in [2.45, 2.75) is 46.6 Å². The van der Waals surface area contributed by atoms with Crippen LogP contribution in [0.2, 0.25) is 0 Å². The van der Waals surface area contributed by atoms with Crippen LogP contribution in [0, 0.1) is 47.3 Å². The van der Waals surface area contributed by atoms with E-state index in [-0.39, 0.29) is 68.4 Å². The van der Waals surface area contributed by atoms with Crippen molar-refractivity contribution in [3.63, 3.8) is 0 Å². The van der Waals surface area contributed by atoms with E-state index >= 15 is 0 Å². The van der Waals surface area contributed by atoms with Gasteiger partial charge in [-0.1, -0.05) is 38.5 Å². The average molecular weight is 597 g/mol. The molecule has 8 fully saturated rings. The van der Waals surface area contributed by atoms with Crippen molar-refractivity contribution in [1.29, 1.82) is 0 Å². The van der Waals surface area contributed by atoms with Gasteiger partial charge in [-0.25, -0.2) is 0 Å². The Balaban J connectivity index is 0.000000128. The lowest BCUT2D eigenvalue weighted by Crippen LogP contribution is -2.53. The minimum absolute atomic E-state index is 0.0163. The quantitative estimate of drug-likeness (QED) is 0.282. The molecule has 164 valence electrons. The van der Waals surface area contributed by atoms with Crippen LogP contribution in [0.5, 0.6) is 0 Å². The van der Waals surface area contributed by atoms with Crippen LogP contribution in [-0.2, 0) is 28.7 Å². The van der Waals surface area contributed by atoms with Gasteiger partial charge in [0.2, 0.25) is 0 Å². The normalized spacial score (nSPS) is 51.7. The van der Waals surface area contributed by atoms with E-state index in [0.29, 0.717) is 0 Å². The summed E-state index contributed by atoms with van der Waals surface area (Å²) in [5.41, 5.74) is 0. The van der Waals surface area contributed by atoms with Crippen molar-refractivity contribution in [3.8, 4) is 0 Å². The van der Waals surface area contributed by atoms with Gasteiger partial charge in [0.15, 0.2) is 0 Å². The summed E-state index contributed by atoms with van der Waals surface area (Å²) in [5.74, 6) is -3.61. The molecule has 8 bridgehead atoms. The minimum Gasteiger partial charge on any atom is -0.481 e. The van der Waals surface area contributed by atoms with E-state index in [4.69, 9.17) is 9.47 Å². The Hall–Kier alpha value is -0.910. The molecular formula is C20H22BrIO8. The van der Waals surface area contributed by atoms with E-state index in [9.17, 15) is 29.4 Å². The number of alkyl halides is 2. The van der Waals surface area contributed by atoms with Crippen LogP contribution in [0.1, 0.15) is 25.7 Å². The highest BCUT2D eigenvalue weighted by molar-refractivity contribution is 14.1. The number of aliphatic carboxylic acids is 2. The first kappa shape index (κ1) is 21.0. The first-order valence-electron chi connectivity index (χ1n) is 10.4. The number of hydrogen-bond donors (Lipinski definition) is 2. The molecule has 0 aromatic carbocycles. The molecule has 0 spiro atoms. The van der Waals surface area contributed by atoms with Crippen molar-refractivity contribution in [1.82, 2.24) is 0 Å². The number of hydrogen-bond acceptors (Lipinski definition) is 6. The number of rotatable bonds is 2. The van der Waals surface area contributed by atoms with Gasteiger partial charge >= 0.3 is 23.9 Å². The molecule has 8 nitrogen and oxygen atoms in total. The number of fused-ring (bicyclic) bond motifs is 2. The van der Waals surface area contributed by atoms with Gasteiger partial charge in [0.05, 0.1) is 32.4 Å². The number of carboxylic acid groups (broad SMARTS) is 2. The average Bonchev–Trinajstić information content (AvgIpc) is 3.17. The fraction of sp³-hybridized carbons (Fsp3) is 0.800.